The van der Waals surface area contributed by atoms with Crippen LogP contribution in [0.4, 0.5) is 0 Å². The van der Waals surface area contributed by atoms with Gasteiger partial charge >= 0.3 is 5.97 Å². The van der Waals surface area contributed by atoms with Crippen molar-refractivity contribution in [2.75, 3.05) is 13.1 Å². The number of benzene rings is 2. The number of sulfonamides is 1. The number of carbonyl (C=O) groups is 3. The van der Waals surface area contributed by atoms with E-state index in [-0.39, 0.29) is 30.1 Å². The van der Waals surface area contributed by atoms with E-state index in [4.69, 9.17) is 9.88 Å². The number of aromatic nitrogens is 2. The Labute approximate surface area is 196 Å². The molecule has 0 aliphatic carbocycles. The molecule has 0 fully saturated rings. The number of ether oxygens (including phenoxy) is 1. The standard InChI is InChI=1S/C22H25N5O6S/c1-14(21(29)24-12-10-15-6-8-16(9-7-15)34(23,31)32)33-19(28)11-13-25-22(30)20-17-4-2-3-5-18(17)26-27-20/h2-9,14H,10-13H2,1H3,(H,24,29)(H,25,30)(H,26,27)(H2,23,31,32). The van der Waals surface area contributed by atoms with Gasteiger partial charge in [0.25, 0.3) is 11.8 Å². The third kappa shape index (κ3) is 6.62. The summed E-state index contributed by atoms with van der Waals surface area (Å²) in [5.74, 6) is -1.52. The molecule has 2 amide bonds. The number of nitrogens with one attached hydrogen (secondary N) is 3. The maximum atomic E-state index is 12.3. The van der Waals surface area contributed by atoms with Crippen LogP contribution in [0.2, 0.25) is 0 Å². The summed E-state index contributed by atoms with van der Waals surface area (Å²) >= 11 is 0. The third-order valence-corrected chi connectivity index (χ3v) is 5.87. The van der Waals surface area contributed by atoms with Crippen molar-refractivity contribution < 1.29 is 27.5 Å². The Bertz CT molecular complexity index is 1290. The summed E-state index contributed by atoms with van der Waals surface area (Å²) in [6.07, 6.45) is -0.670. The number of esters is 1. The monoisotopic (exact) mass is 487 g/mol. The maximum Gasteiger partial charge on any atom is 0.308 e. The number of hydrogen-bond acceptors (Lipinski definition) is 7. The number of fused-ring (bicyclic) bond motifs is 1. The molecule has 5 N–H and O–H groups in total. The molecule has 0 aliphatic heterocycles. The average Bonchev–Trinajstić information content (AvgIpc) is 3.23. The Hall–Kier alpha value is -3.77. The first-order valence-corrected chi connectivity index (χ1v) is 12.0. The molecule has 0 bridgehead atoms. The maximum absolute atomic E-state index is 12.3. The van der Waals surface area contributed by atoms with Crippen LogP contribution in [-0.2, 0) is 30.8 Å². The van der Waals surface area contributed by atoms with Crippen LogP contribution in [0.3, 0.4) is 0 Å². The Morgan fingerprint density at radius 1 is 1.06 bits per heavy atom. The Balaban J connectivity index is 1.36. The molecule has 0 aliphatic rings. The van der Waals surface area contributed by atoms with Crippen LogP contribution in [0.15, 0.2) is 53.4 Å². The molecule has 0 saturated heterocycles. The van der Waals surface area contributed by atoms with E-state index >= 15 is 0 Å². The first-order valence-electron chi connectivity index (χ1n) is 10.5. The molecule has 1 atom stereocenters. The summed E-state index contributed by atoms with van der Waals surface area (Å²) in [7, 11) is -3.75. The zero-order chi connectivity index (χ0) is 24.7. The number of carbonyl (C=O) groups excluding carboxylic acids is 3. The molecule has 3 aromatic rings. The van der Waals surface area contributed by atoms with Crippen molar-refractivity contribution in [1.82, 2.24) is 20.8 Å². The van der Waals surface area contributed by atoms with Gasteiger partial charge in [-0.1, -0.05) is 30.3 Å². The summed E-state index contributed by atoms with van der Waals surface area (Å²) in [6.45, 7) is 1.74. The lowest BCUT2D eigenvalue weighted by molar-refractivity contribution is -0.154. The minimum absolute atomic E-state index is 0.00900. The summed E-state index contributed by atoms with van der Waals surface area (Å²) in [4.78, 5) is 36.5. The van der Waals surface area contributed by atoms with Crippen molar-refractivity contribution >= 4 is 38.7 Å². The van der Waals surface area contributed by atoms with Gasteiger partial charge in [-0.2, -0.15) is 5.10 Å². The predicted octanol–water partition coefficient (Wildman–Crippen LogP) is 0.621. The predicted molar refractivity (Wildman–Crippen MR) is 123 cm³/mol. The molecular formula is C22H25N5O6S. The van der Waals surface area contributed by atoms with Gasteiger partial charge in [-0.15, -0.1) is 0 Å². The SMILES string of the molecule is CC(OC(=O)CCNC(=O)c1n[nH]c2ccccc12)C(=O)NCCc1ccc(S(N)(=O)=O)cc1. The van der Waals surface area contributed by atoms with Gasteiger partial charge in [0.1, 0.15) is 0 Å². The smallest absolute Gasteiger partial charge is 0.308 e. The van der Waals surface area contributed by atoms with E-state index < -0.39 is 33.9 Å². The molecule has 1 aromatic heterocycles. The number of amides is 2. The Kier molecular flexibility index (Phi) is 7.97. The van der Waals surface area contributed by atoms with Gasteiger partial charge in [-0.25, -0.2) is 13.6 Å². The first kappa shape index (κ1) is 24.9. The number of para-hydroxylation sites is 1. The van der Waals surface area contributed by atoms with Crippen molar-refractivity contribution in [3.05, 3.63) is 59.8 Å². The van der Waals surface area contributed by atoms with E-state index in [1.807, 2.05) is 6.07 Å². The van der Waals surface area contributed by atoms with Crippen LogP contribution in [0, 0.1) is 0 Å². The molecule has 0 spiro atoms. The zero-order valence-electron chi connectivity index (χ0n) is 18.4. The van der Waals surface area contributed by atoms with E-state index in [9.17, 15) is 22.8 Å². The fourth-order valence-electron chi connectivity index (χ4n) is 3.13. The number of nitrogens with two attached hydrogens (primary N) is 1. The van der Waals surface area contributed by atoms with Crippen molar-refractivity contribution in [2.24, 2.45) is 5.14 Å². The Morgan fingerprint density at radius 3 is 2.47 bits per heavy atom. The molecule has 12 heteroatoms. The molecule has 0 saturated carbocycles. The van der Waals surface area contributed by atoms with Gasteiger partial charge in [0.05, 0.1) is 16.8 Å². The van der Waals surface area contributed by atoms with Crippen LogP contribution in [0.5, 0.6) is 0 Å². The highest BCUT2D eigenvalue weighted by atomic mass is 32.2. The second-order valence-electron chi connectivity index (χ2n) is 7.49. The highest BCUT2D eigenvalue weighted by Crippen LogP contribution is 2.14. The van der Waals surface area contributed by atoms with E-state index in [1.54, 1.807) is 30.3 Å². The molecule has 11 nitrogen and oxygen atoms in total. The molecule has 34 heavy (non-hydrogen) atoms. The number of primary sulfonamides is 1. The number of rotatable bonds is 10. The molecule has 0 radical (unpaired) electrons. The fourth-order valence-corrected chi connectivity index (χ4v) is 3.64. The second-order valence-corrected chi connectivity index (χ2v) is 9.05. The number of hydrogen-bond donors (Lipinski definition) is 4. The third-order valence-electron chi connectivity index (χ3n) is 4.94. The lowest BCUT2D eigenvalue weighted by Crippen LogP contribution is -2.37. The molecule has 2 aromatic carbocycles. The van der Waals surface area contributed by atoms with Crippen LogP contribution in [0.25, 0.3) is 10.9 Å². The highest BCUT2D eigenvalue weighted by Gasteiger charge is 2.18. The summed E-state index contributed by atoms with van der Waals surface area (Å²) in [5, 5.41) is 17.7. The van der Waals surface area contributed by atoms with Crippen LogP contribution in [0.1, 0.15) is 29.4 Å². The largest absolute Gasteiger partial charge is 0.452 e. The van der Waals surface area contributed by atoms with Crippen LogP contribution >= 0.6 is 0 Å². The molecule has 1 unspecified atom stereocenters. The zero-order valence-corrected chi connectivity index (χ0v) is 19.2. The lowest BCUT2D eigenvalue weighted by Gasteiger charge is -2.13. The lowest BCUT2D eigenvalue weighted by atomic mass is 10.1. The summed E-state index contributed by atoms with van der Waals surface area (Å²) in [5.41, 5.74) is 1.77. The van der Waals surface area contributed by atoms with Gasteiger partial charge in [0, 0.05) is 18.5 Å². The van der Waals surface area contributed by atoms with E-state index in [0.29, 0.717) is 11.8 Å². The quantitative estimate of drug-likeness (QED) is 0.303. The average molecular weight is 488 g/mol. The number of aromatic amines is 1. The molecule has 3 rings (SSSR count). The first-order chi connectivity index (χ1) is 16.1. The van der Waals surface area contributed by atoms with Gasteiger partial charge in [-0.05, 0) is 37.1 Å². The molecule has 180 valence electrons. The van der Waals surface area contributed by atoms with E-state index in [0.717, 1.165) is 11.1 Å². The van der Waals surface area contributed by atoms with Crippen molar-refractivity contribution in [1.29, 1.82) is 0 Å². The fraction of sp³-hybridized carbons (Fsp3) is 0.273. The van der Waals surface area contributed by atoms with E-state index in [2.05, 4.69) is 20.8 Å². The topological polar surface area (TPSA) is 173 Å². The normalized spacial score (nSPS) is 12.2. The number of nitrogens with zero attached hydrogens (tertiary/aromatic N) is 1. The van der Waals surface area contributed by atoms with Crippen LogP contribution in [-0.4, -0.2) is 55.6 Å². The van der Waals surface area contributed by atoms with Crippen molar-refractivity contribution in [3.8, 4) is 0 Å². The van der Waals surface area contributed by atoms with E-state index in [1.165, 1.54) is 19.1 Å². The summed E-state index contributed by atoms with van der Waals surface area (Å²) < 4.78 is 27.6. The van der Waals surface area contributed by atoms with Gasteiger partial charge in [0.2, 0.25) is 10.0 Å². The minimum atomic E-state index is -3.75. The number of H-pyrrole nitrogens is 1. The summed E-state index contributed by atoms with van der Waals surface area (Å²) in [6, 6.07) is 13.2. The molecule has 1 heterocycles. The Morgan fingerprint density at radius 2 is 1.76 bits per heavy atom. The van der Waals surface area contributed by atoms with Crippen molar-refractivity contribution in [2.45, 2.75) is 30.8 Å². The van der Waals surface area contributed by atoms with Gasteiger partial charge < -0.3 is 15.4 Å². The van der Waals surface area contributed by atoms with Crippen LogP contribution < -0.4 is 15.8 Å². The second kappa shape index (κ2) is 10.9. The highest BCUT2D eigenvalue weighted by molar-refractivity contribution is 7.89. The molecular weight excluding hydrogens is 462 g/mol. The minimum Gasteiger partial charge on any atom is -0.452 e. The van der Waals surface area contributed by atoms with Crippen molar-refractivity contribution in [3.63, 3.8) is 0 Å². The van der Waals surface area contributed by atoms with Gasteiger partial charge in [0.15, 0.2) is 11.8 Å². The van der Waals surface area contributed by atoms with Gasteiger partial charge in [-0.3, -0.25) is 19.5 Å².